The molecule has 2 rings (SSSR count). The van der Waals surface area contributed by atoms with Crippen LogP contribution in [0.5, 0.6) is 5.75 Å². The second-order valence-corrected chi connectivity index (χ2v) is 4.31. The van der Waals surface area contributed by atoms with Crippen LogP contribution in [0.1, 0.15) is 11.6 Å². The maximum Gasteiger partial charge on any atom is 0.124 e. The van der Waals surface area contributed by atoms with E-state index in [-0.39, 0.29) is 6.61 Å². The highest BCUT2D eigenvalue weighted by Crippen LogP contribution is 2.30. The van der Waals surface area contributed by atoms with Gasteiger partial charge >= 0.3 is 0 Å². The zero-order chi connectivity index (χ0) is 12.4. The van der Waals surface area contributed by atoms with Crippen LogP contribution in [0.25, 0.3) is 10.8 Å². The molecule has 1 atom stereocenters. The summed E-state index contributed by atoms with van der Waals surface area (Å²) in [6.45, 7) is -0.123. The molecule has 0 saturated carbocycles. The second kappa shape index (κ2) is 4.92. The van der Waals surface area contributed by atoms with Crippen LogP contribution < -0.4 is 10.5 Å². The van der Waals surface area contributed by atoms with Gasteiger partial charge in [0.25, 0.3) is 0 Å². The van der Waals surface area contributed by atoms with E-state index in [9.17, 15) is 0 Å². The maximum atomic E-state index is 9.13. The number of fused-ring (bicyclic) bond motifs is 1. The summed E-state index contributed by atoms with van der Waals surface area (Å²) in [5.41, 5.74) is 6.62. The highest BCUT2D eigenvalue weighted by molar-refractivity contribution is 6.31. The third-order valence-corrected chi connectivity index (χ3v) is 2.98. The number of aliphatic hydroxyl groups is 1. The van der Waals surface area contributed by atoms with Crippen LogP contribution >= 0.6 is 11.6 Å². The van der Waals surface area contributed by atoms with Crippen LogP contribution in [0.4, 0.5) is 0 Å². The van der Waals surface area contributed by atoms with Crippen molar-refractivity contribution in [3.63, 3.8) is 0 Å². The van der Waals surface area contributed by atoms with E-state index in [2.05, 4.69) is 0 Å². The fourth-order valence-electron chi connectivity index (χ4n) is 1.83. The Hall–Kier alpha value is -1.29. The lowest BCUT2D eigenvalue weighted by molar-refractivity contribution is 0.264. The molecule has 0 saturated heterocycles. The zero-order valence-corrected chi connectivity index (χ0v) is 10.2. The number of aliphatic hydroxyl groups excluding tert-OH is 1. The molecular weight excluding hydrogens is 238 g/mol. The molecule has 3 nitrogen and oxygen atoms in total. The molecule has 2 aromatic carbocycles. The Morgan fingerprint density at radius 1 is 1.29 bits per heavy atom. The van der Waals surface area contributed by atoms with Crippen molar-refractivity contribution in [2.45, 2.75) is 6.04 Å². The average molecular weight is 252 g/mol. The van der Waals surface area contributed by atoms with Crippen molar-refractivity contribution < 1.29 is 9.84 Å². The van der Waals surface area contributed by atoms with Gasteiger partial charge in [-0.1, -0.05) is 17.7 Å². The van der Waals surface area contributed by atoms with E-state index in [1.807, 2.05) is 30.3 Å². The van der Waals surface area contributed by atoms with E-state index in [1.54, 1.807) is 7.11 Å². The Bertz CT molecular complexity index is 542. The van der Waals surface area contributed by atoms with E-state index in [1.165, 1.54) is 0 Å². The van der Waals surface area contributed by atoms with Crippen molar-refractivity contribution >= 4 is 22.4 Å². The summed E-state index contributed by atoms with van der Waals surface area (Å²) in [5, 5.41) is 11.8. The van der Waals surface area contributed by atoms with Crippen molar-refractivity contribution in [2.75, 3.05) is 13.7 Å². The van der Waals surface area contributed by atoms with E-state index >= 15 is 0 Å². The lowest BCUT2D eigenvalue weighted by Gasteiger charge is -2.15. The minimum Gasteiger partial charge on any atom is -0.496 e. The van der Waals surface area contributed by atoms with E-state index in [4.69, 9.17) is 27.2 Å². The molecule has 0 heterocycles. The highest BCUT2D eigenvalue weighted by Gasteiger charge is 2.12. The molecule has 17 heavy (non-hydrogen) atoms. The first-order chi connectivity index (χ1) is 8.15. The van der Waals surface area contributed by atoms with Gasteiger partial charge in [-0.3, -0.25) is 0 Å². The zero-order valence-electron chi connectivity index (χ0n) is 9.48. The van der Waals surface area contributed by atoms with Crippen molar-refractivity contribution in [1.29, 1.82) is 0 Å². The fraction of sp³-hybridized carbons (Fsp3) is 0.231. The Balaban J connectivity index is 2.65. The number of halogens is 1. The third kappa shape index (κ3) is 2.36. The molecule has 0 amide bonds. The molecule has 0 aromatic heterocycles. The molecule has 1 unspecified atom stereocenters. The lowest BCUT2D eigenvalue weighted by atomic mass is 10.0. The van der Waals surface area contributed by atoms with Crippen LogP contribution in [0, 0.1) is 0 Å². The van der Waals surface area contributed by atoms with Gasteiger partial charge in [-0.05, 0) is 35.0 Å². The largest absolute Gasteiger partial charge is 0.496 e. The molecular formula is C13H14ClNO2. The second-order valence-electron chi connectivity index (χ2n) is 3.87. The minimum absolute atomic E-state index is 0.123. The topological polar surface area (TPSA) is 55.5 Å². The quantitative estimate of drug-likeness (QED) is 0.881. The third-order valence-electron chi connectivity index (χ3n) is 2.75. The van der Waals surface area contributed by atoms with Crippen LogP contribution in [-0.4, -0.2) is 18.8 Å². The van der Waals surface area contributed by atoms with Gasteiger partial charge in [-0.25, -0.2) is 0 Å². The molecule has 2 aromatic rings. The molecule has 0 aliphatic carbocycles. The van der Waals surface area contributed by atoms with E-state index < -0.39 is 6.04 Å². The first-order valence-electron chi connectivity index (χ1n) is 5.29. The van der Waals surface area contributed by atoms with Crippen LogP contribution in [-0.2, 0) is 0 Å². The van der Waals surface area contributed by atoms with E-state index in [0.717, 1.165) is 16.3 Å². The average Bonchev–Trinajstić information content (AvgIpc) is 2.36. The molecule has 4 heteroatoms. The first-order valence-corrected chi connectivity index (χ1v) is 5.67. The fourth-order valence-corrected chi connectivity index (χ4v) is 2.01. The number of rotatable bonds is 3. The van der Waals surface area contributed by atoms with Gasteiger partial charge in [0, 0.05) is 10.6 Å². The summed E-state index contributed by atoms with van der Waals surface area (Å²) < 4.78 is 5.28. The molecule has 0 aliphatic heterocycles. The Labute approximate surface area is 105 Å². The Morgan fingerprint density at radius 2 is 2.06 bits per heavy atom. The first kappa shape index (κ1) is 12.2. The molecule has 0 fully saturated rings. The number of hydrogen-bond donors (Lipinski definition) is 2. The van der Waals surface area contributed by atoms with Gasteiger partial charge in [0.1, 0.15) is 5.75 Å². The summed E-state index contributed by atoms with van der Waals surface area (Å²) in [4.78, 5) is 0. The molecule has 0 bridgehead atoms. The number of hydrogen-bond acceptors (Lipinski definition) is 3. The molecule has 0 radical (unpaired) electrons. The SMILES string of the molecule is COc1cc2ccc(Cl)cc2cc1C(N)CO. The van der Waals surface area contributed by atoms with Crippen molar-refractivity contribution in [3.05, 3.63) is 40.9 Å². The number of methoxy groups -OCH3 is 1. The monoisotopic (exact) mass is 251 g/mol. The van der Waals surface area contributed by atoms with Gasteiger partial charge in [-0.15, -0.1) is 0 Å². The summed E-state index contributed by atoms with van der Waals surface area (Å²) in [5.74, 6) is 0.682. The minimum atomic E-state index is -0.451. The summed E-state index contributed by atoms with van der Waals surface area (Å²) >= 11 is 5.95. The summed E-state index contributed by atoms with van der Waals surface area (Å²) in [6, 6.07) is 8.97. The highest BCUT2D eigenvalue weighted by atomic mass is 35.5. The number of nitrogens with two attached hydrogens (primary N) is 1. The Morgan fingerprint density at radius 3 is 2.71 bits per heavy atom. The molecule has 3 N–H and O–H groups in total. The van der Waals surface area contributed by atoms with Crippen molar-refractivity contribution in [3.8, 4) is 5.75 Å². The van der Waals surface area contributed by atoms with Gasteiger partial charge in [-0.2, -0.15) is 0 Å². The number of ether oxygens (including phenoxy) is 1. The standard InChI is InChI=1S/C13H14ClNO2/c1-17-13-6-8-2-3-10(14)4-9(8)5-11(13)12(15)7-16/h2-6,12,16H,7,15H2,1H3. The predicted molar refractivity (Wildman–Crippen MR) is 69.5 cm³/mol. The van der Waals surface area contributed by atoms with Gasteiger partial charge in [0.15, 0.2) is 0 Å². The molecule has 90 valence electrons. The van der Waals surface area contributed by atoms with Crippen LogP contribution in [0.2, 0.25) is 5.02 Å². The molecule has 0 spiro atoms. The molecule has 0 aliphatic rings. The normalized spacial score (nSPS) is 12.7. The lowest BCUT2D eigenvalue weighted by Crippen LogP contribution is -2.15. The maximum absolute atomic E-state index is 9.13. The summed E-state index contributed by atoms with van der Waals surface area (Å²) in [7, 11) is 1.59. The number of benzene rings is 2. The van der Waals surface area contributed by atoms with Crippen LogP contribution in [0.15, 0.2) is 30.3 Å². The van der Waals surface area contributed by atoms with Gasteiger partial charge < -0.3 is 15.6 Å². The predicted octanol–water partition coefficient (Wildman–Crippen LogP) is 2.49. The van der Waals surface area contributed by atoms with Gasteiger partial charge in [0.2, 0.25) is 0 Å². The smallest absolute Gasteiger partial charge is 0.124 e. The van der Waals surface area contributed by atoms with Crippen molar-refractivity contribution in [2.24, 2.45) is 5.73 Å². The van der Waals surface area contributed by atoms with Crippen LogP contribution in [0.3, 0.4) is 0 Å². The Kier molecular flexibility index (Phi) is 3.52. The summed E-state index contributed by atoms with van der Waals surface area (Å²) in [6.07, 6.45) is 0. The van der Waals surface area contributed by atoms with Gasteiger partial charge in [0.05, 0.1) is 19.8 Å². The van der Waals surface area contributed by atoms with E-state index in [0.29, 0.717) is 10.8 Å². The van der Waals surface area contributed by atoms with Crippen molar-refractivity contribution in [1.82, 2.24) is 0 Å².